The van der Waals surface area contributed by atoms with E-state index >= 15 is 0 Å². The number of nitrogens with one attached hydrogen (secondary N) is 2. The summed E-state index contributed by atoms with van der Waals surface area (Å²) in [5.41, 5.74) is 2.23. The maximum atomic E-state index is 11.5. The van der Waals surface area contributed by atoms with Crippen LogP contribution in [0, 0.1) is 11.8 Å². The number of anilines is 1. The number of likely N-dealkylation sites (N-methyl/N-ethyl adjacent to an activating group) is 1. The number of carbonyl (C=O) groups is 1. The Bertz CT molecular complexity index is 433. The summed E-state index contributed by atoms with van der Waals surface area (Å²) in [5.74, 6) is 1.77. The van der Waals surface area contributed by atoms with Crippen molar-refractivity contribution in [1.82, 2.24) is 5.32 Å². The number of hydrogen-bond acceptors (Lipinski definition) is 2. The monoisotopic (exact) mass is 274 g/mol. The van der Waals surface area contributed by atoms with E-state index in [-0.39, 0.29) is 5.91 Å². The third-order valence-corrected chi connectivity index (χ3v) is 4.18. The second-order valence-electron chi connectivity index (χ2n) is 6.14. The predicted octanol–water partition coefficient (Wildman–Crippen LogP) is 3.21. The van der Waals surface area contributed by atoms with E-state index < -0.39 is 0 Å². The lowest BCUT2D eigenvalue weighted by molar-refractivity contribution is -0.120. The maximum absolute atomic E-state index is 11.5. The van der Waals surface area contributed by atoms with Gasteiger partial charge < -0.3 is 10.6 Å². The van der Waals surface area contributed by atoms with Crippen molar-refractivity contribution in [3.63, 3.8) is 0 Å². The molecule has 1 aliphatic carbocycles. The van der Waals surface area contributed by atoms with Crippen molar-refractivity contribution in [1.29, 1.82) is 0 Å². The lowest BCUT2D eigenvalue weighted by Gasteiger charge is -2.39. The lowest BCUT2D eigenvalue weighted by atomic mass is 9.73. The van der Waals surface area contributed by atoms with Crippen molar-refractivity contribution in [3.05, 3.63) is 29.8 Å². The molecule has 0 radical (unpaired) electrons. The number of carbonyl (C=O) groups excluding carboxylic acids is 1. The van der Waals surface area contributed by atoms with Crippen molar-refractivity contribution in [2.75, 3.05) is 11.9 Å². The Balaban J connectivity index is 1.79. The zero-order chi connectivity index (χ0) is 14.5. The van der Waals surface area contributed by atoms with Crippen LogP contribution >= 0.6 is 0 Å². The number of amides is 1. The SMILES string of the molecule is CCNC(=O)Cc1ccc(NC2CC(C(C)C)C2)cc1. The minimum absolute atomic E-state index is 0.0898. The predicted molar refractivity (Wildman–Crippen MR) is 83.8 cm³/mol. The summed E-state index contributed by atoms with van der Waals surface area (Å²) in [6.07, 6.45) is 3.02. The molecule has 0 aliphatic heterocycles. The highest BCUT2D eigenvalue weighted by atomic mass is 16.1. The van der Waals surface area contributed by atoms with Crippen LogP contribution in [0.5, 0.6) is 0 Å². The molecule has 1 fully saturated rings. The van der Waals surface area contributed by atoms with Crippen LogP contribution in [0.15, 0.2) is 24.3 Å². The molecule has 110 valence electrons. The summed E-state index contributed by atoms with van der Waals surface area (Å²) >= 11 is 0. The number of benzene rings is 1. The lowest BCUT2D eigenvalue weighted by Crippen LogP contribution is -2.37. The molecule has 0 saturated heterocycles. The van der Waals surface area contributed by atoms with E-state index in [1.54, 1.807) is 0 Å². The molecular weight excluding hydrogens is 248 g/mol. The van der Waals surface area contributed by atoms with Crippen molar-refractivity contribution >= 4 is 11.6 Å². The molecule has 3 heteroatoms. The van der Waals surface area contributed by atoms with Crippen molar-refractivity contribution in [2.45, 2.75) is 46.1 Å². The van der Waals surface area contributed by atoms with Crippen LogP contribution in [0.25, 0.3) is 0 Å². The first-order chi connectivity index (χ1) is 9.58. The largest absolute Gasteiger partial charge is 0.382 e. The zero-order valence-electron chi connectivity index (χ0n) is 12.8. The Kier molecular flexibility index (Phi) is 5.05. The Morgan fingerprint density at radius 3 is 2.45 bits per heavy atom. The van der Waals surface area contributed by atoms with Crippen molar-refractivity contribution < 1.29 is 4.79 Å². The Hall–Kier alpha value is -1.51. The van der Waals surface area contributed by atoms with Gasteiger partial charge in [-0.3, -0.25) is 4.79 Å². The summed E-state index contributed by atoms with van der Waals surface area (Å²) in [7, 11) is 0. The summed E-state index contributed by atoms with van der Waals surface area (Å²) < 4.78 is 0. The van der Waals surface area contributed by atoms with Crippen LogP contribution < -0.4 is 10.6 Å². The zero-order valence-corrected chi connectivity index (χ0v) is 12.8. The molecule has 1 amide bonds. The molecule has 0 bridgehead atoms. The van der Waals surface area contributed by atoms with E-state index in [0.717, 1.165) is 23.1 Å². The number of hydrogen-bond donors (Lipinski definition) is 2. The number of rotatable bonds is 6. The minimum atomic E-state index is 0.0898. The molecule has 0 unspecified atom stereocenters. The summed E-state index contributed by atoms with van der Waals surface area (Å²) in [6.45, 7) is 7.24. The van der Waals surface area contributed by atoms with Gasteiger partial charge >= 0.3 is 0 Å². The minimum Gasteiger partial charge on any atom is -0.382 e. The summed E-state index contributed by atoms with van der Waals surface area (Å²) in [5, 5.41) is 6.39. The van der Waals surface area contributed by atoms with Gasteiger partial charge in [0.25, 0.3) is 0 Å². The molecule has 0 spiro atoms. The van der Waals surface area contributed by atoms with E-state index in [2.05, 4.69) is 36.6 Å². The molecule has 1 saturated carbocycles. The maximum Gasteiger partial charge on any atom is 0.224 e. The summed E-state index contributed by atoms with van der Waals surface area (Å²) in [4.78, 5) is 11.5. The van der Waals surface area contributed by atoms with Crippen LogP contribution in [0.1, 0.15) is 39.2 Å². The highest BCUT2D eigenvalue weighted by Crippen LogP contribution is 2.35. The van der Waals surface area contributed by atoms with Crippen LogP contribution in [-0.2, 0) is 11.2 Å². The fraction of sp³-hybridized carbons (Fsp3) is 0.588. The first kappa shape index (κ1) is 14.9. The molecule has 2 rings (SSSR count). The fourth-order valence-corrected chi connectivity index (χ4v) is 2.72. The van der Waals surface area contributed by atoms with E-state index in [0.29, 0.717) is 19.0 Å². The molecule has 0 aromatic heterocycles. The smallest absolute Gasteiger partial charge is 0.224 e. The standard InChI is InChI=1S/C17H26N2O/c1-4-18-17(20)9-13-5-7-15(8-6-13)19-16-10-14(11-16)12(2)3/h5-8,12,14,16,19H,4,9-11H2,1-3H3,(H,18,20). The molecular formula is C17H26N2O. The second-order valence-corrected chi connectivity index (χ2v) is 6.14. The fourth-order valence-electron chi connectivity index (χ4n) is 2.72. The van der Waals surface area contributed by atoms with Gasteiger partial charge in [0.15, 0.2) is 0 Å². The van der Waals surface area contributed by atoms with Crippen molar-refractivity contribution in [3.8, 4) is 0 Å². The van der Waals surface area contributed by atoms with Gasteiger partial charge in [-0.2, -0.15) is 0 Å². The molecule has 20 heavy (non-hydrogen) atoms. The molecule has 0 atom stereocenters. The van der Waals surface area contributed by atoms with Crippen LogP contribution in [-0.4, -0.2) is 18.5 Å². The van der Waals surface area contributed by atoms with Gasteiger partial charge in [0.2, 0.25) is 5.91 Å². The average molecular weight is 274 g/mol. The van der Waals surface area contributed by atoms with Gasteiger partial charge in [0.1, 0.15) is 0 Å². The molecule has 1 aliphatic rings. The van der Waals surface area contributed by atoms with E-state index in [1.165, 1.54) is 12.8 Å². The van der Waals surface area contributed by atoms with Crippen LogP contribution in [0.3, 0.4) is 0 Å². The van der Waals surface area contributed by atoms with Gasteiger partial charge in [-0.15, -0.1) is 0 Å². The molecule has 1 aromatic carbocycles. The van der Waals surface area contributed by atoms with Crippen LogP contribution in [0.2, 0.25) is 0 Å². The van der Waals surface area contributed by atoms with Crippen LogP contribution in [0.4, 0.5) is 5.69 Å². The highest BCUT2D eigenvalue weighted by Gasteiger charge is 2.30. The summed E-state index contributed by atoms with van der Waals surface area (Å²) in [6, 6.07) is 8.86. The first-order valence-corrected chi connectivity index (χ1v) is 7.70. The van der Waals surface area contributed by atoms with Gasteiger partial charge in [-0.25, -0.2) is 0 Å². The molecule has 1 aromatic rings. The average Bonchev–Trinajstić information content (AvgIpc) is 2.35. The molecule has 2 N–H and O–H groups in total. The normalized spacial score (nSPS) is 21.4. The Labute approximate surface area is 122 Å². The van der Waals surface area contributed by atoms with Gasteiger partial charge in [0, 0.05) is 18.3 Å². The highest BCUT2D eigenvalue weighted by molar-refractivity contribution is 5.78. The van der Waals surface area contributed by atoms with E-state index in [4.69, 9.17) is 0 Å². The quantitative estimate of drug-likeness (QED) is 0.836. The third kappa shape index (κ3) is 3.99. The molecule has 3 nitrogen and oxygen atoms in total. The van der Waals surface area contributed by atoms with Gasteiger partial charge in [-0.1, -0.05) is 26.0 Å². The Morgan fingerprint density at radius 2 is 1.90 bits per heavy atom. The Morgan fingerprint density at radius 1 is 1.25 bits per heavy atom. The van der Waals surface area contributed by atoms with E-state index in [9.17, 15) is 4.79 Å². The third-order valence-electron chi connectivity index (χ3n) is 4.18. The van der Waals surface area contributed by atoms with Gasteiger partial charge in [-0.05, 0) is 49.3 Å². The van der Waals surface area contributed by atoms with Crippen molar-refractivity contribution in [2.24, 2.45) is 11.8 Å². The van der Waals surface area contributed by atoms with Gasteiger partial charge in [0.05, 0.1) is 6.42 Å². The van der Waals surface area contributed by atoms with E-state index in [1.807, 2.05) is 19.1 Å². The molecule has 0 heterocycles. The first-order valence-electron chi connectivity index (χ1n) is 7.70. The second kappa shape index (κ2) is 6.78. The topological polar surface area (TPSA) is 41.1 Å².